The quantitative estimate of drug-likeness (QED) is 0.687. The van der Waals surface area contributed by atoms with E-state index in [2.05, 4.69) is 9.97 Å². The van der Waals surface area contributed by atoms with Crippen LogP contribution in [0.1, 0.15) is 37.2 Å². The molecular formula is C16H15ClN2O. The molecule has 2 heterocycles. The molecule has 102 valence electrons. The molecule has 0 aliphatic heterocycles. The second-order valence-electron chi connectivity index (χ2n) is 5.64. The summed E-state index contributed by atoms with van der Waals surface area (Å²) in [4.78, 5) is 18.4. The molecule has 0 unspecified atom stereocenters. The van der Waals surface area contributed by atoms with Crippen LogP contribution in [0.25, 0.3) is 21.9 Å². The van der Waals surface area contributed by atoms with Crippen LogP contribution < -0.4 is 5.56 Å². The third-order valence-electron chi connectivity index (χ3n) is 4.38. The van der Waals surface area contributed by atoms with Crippen LogP contribution in [-0.4, -0.2) is 9.97 Å². The number of rotatable bonds is 1. The molecule has 1 aliphatic rings. The van der Waals surface area contributed by atoms with Gasteiger partial charge < -0.3 is 9.97 Å². The van der Waals surface area contributed by atoms with Gasteiger partial charge in [-0.1, -0.05) is 24.4 Å². The summed E-state index contributed by atoms with van der Waals surface area (Å²) in [5.41, 5.74) is 4.10. The molecule has 1 aromatic carbocycles. The number of nitrogens with one attached hydrogen (secondary N) is 2. The van der Waals surface area contributed by atoms with E-state index < -0.39 is 0 Å². The predicted octanol–water partition coefficient (Wildman–Crippen LogP) is 4.32. The van der Waals surface area contributed by atoms with Crippen molar-refractivity contribution in [2.24, 2.45) is 0 Å². The van der Waals surface area contributed by atoms with Gasteiger partial charge in [0.2, 0.25) is 5.56 Å². The highest BCUT2D eigenvalue weighted by Crippen LogP contribution is 2.38. The van der Waals surface area contributed by atoms with E-state index in [0.29, 0.717) is 10.9 Å². The highest BCUT2D eigenvalue weighted by Gasteiger charge is 2.21. The molecule has 0 atom stereocenters. The van der Waals surface area contributed by atoms with Crippen molar-refractivity contribution in [3.05, 3.63) is 45.2 Å². The predicted molar refractivity (Wildman–Crippen MR) is 82.6 cm³/mol. The number of aromatic amines is 2. The number of hydrogen-bond acceptors (Lipinski definition) is 1. The maximum Gasteiger partial charge on any atom is 0.248 e. The van der Waals surface area contributed by atoms with Gasteiger partial charge in [-0.3, -0.25) is 4.79 Å². The molecule has 0 amide bonds. The standard InChI is InChI=1S/C16H15ClN2O/c17-10-5-6-13-12(7-10)16-15(18-13)11(8-14(20)19-16)9-3-1-2-4-9/h5-9,18H,1-4H2,(H,19,20). The lowest BCUT2D eigenvalue weighted by atomic mass is 9.97. The number of fused-ring (bicyclic) bond motifs is 3. The van der Waals surface area contributed by atoms with Crippen molar-refractivity contribution >= 4 is 33.5 Å². The summed E-state index contributed by atoms with van der Waals surface area (Å²) >= 11 is 6.08. The Labute approximate surface area is 121 Å². The lowest BCUT2D eigenvalue weighted by Crippen LogP contribution is -2.08. The monoisotopic (exact) mass is 286 g/mol. The van der Waals surface area contributed by atoms with E-state index in [0.717, 1.165) is 27.5 Å². The molecule has 3 nitrogen and oxygen atoms in total. The van der Waals surface area contributed by atoms with Crippen LogP contribution >= 0.6 is 11.6 Å². The van der Waals surface area contributed by atoms with Gasteiger partial charge in [-0.05, 0) is 42.5 Å². The zero-order chi connectivity index (χ0) is 13.7. The molecule has 3 aromatic rings. The number of benzene rings is 1. The van der Waals surface area contributed by atoms with Crippen molar-refractivity contribution < 1.29 is 0 Å². The lowest BCUT2D eigenvalue weighted by molar-refractivity contribution is 0.726. The van der Waals surface area contributed by atoms with Gasteiger partial charge >= 0.3 is 0 Å². The van der Waals surface area contributed by atoms with Gasteiger partial charge in [-0.2, -0.15) is 0 Å². The van der Waals surface area contributed by atoms with Crippen LogP contribution in [-0.2, 0) is 0 Å². The molecule has 0 spiro atoms. The number of halogens is 1. The van der Waals surface area contributed by atoms with Crippen LogP contribution in [0.3, 0.4) is 0 Å². The molecule has 2 N–H and O–H groups in total. The van der Waals surface area contributed by atoms with Crippen molar-refractivity contribution in [1.29, 1.82) is 0 Å². The highest BCUT2D eigenvalue weighted by atomic mass is 35.5. The van der Waals surface area contributed by atoms with Crippen molar-refractivity contribution in [1.82, 2.24) is 9.97 Å². The summed E-state index contributed by atoms with van der Waals surface area (Å²) in [5.74, 6) is 0.503. The Kier molecular flexibility index (Phi) is 2.64. The largest absolute Gasteiger partial charge is 0.353 e. The summed E-state index contributed by atoms with van der Waals surface area (Å²) in [7, 11) is 0. The van der Waals surface area contributed by atoms with E-state index >= 15 is 0 Å². The van der Waals surface area contributed by atoms with Crippen molar-refractivity contribution in [2.75, 3.05) is 0 Å². The Morgan fingerprint density at radius 1 is 1.05 bits per heavy atom. The summed E-state index contributed by atoms with van der Waals surface area (Å²) in [6, 6.07) is 7.50. The average Bonchev–Trinajstić information content (AvgIpc) is 3.05. The van der Waals surface area contributed by atoms with Gasteiger partial charge in [0.1, 0.15) is 0 Å². The maximum atomic E-state index is 12.0. The Bertz CT molecular complexity index is 856. The Hall–Kier alpha value is -1.74. The zero-order valence-electron chi connectivity index (χ0n) is 11.0. The van der Waals surface area contributed by atoms with Crippen molar-refractivity contribution in [3.63, 3.8) is 0 Å². The van der Waals surface area contributed by atoms with Crippen molar-refractivity contribution in [2.45, 2.75) is 31.6 Å². The molecule has 4 heteroatoms. The maximum absolute atomic E-state index is 12.0. The first-order valence-corrected chi connectivity index (χ1v) is 7.44. The zero-order valence-corrected chi connectivity index (χ0v) is 11.8. The van der Waals surface area contributed by atoms with Gasteiger partial charge in [0.15, 0.2) is 0 Å². The SMILES string of the molecule is O=c1cc(C2CCCC2)c2[nH]c3ccc(Cl)cc3c2[nH]1. The van der Waals surface area contributed by atoms with Crippen LogP contribution in [0.2, 0.25) is 5.02 Å². The molecule has 0 bridgehead atoms. The minimum atomic E-state index is -0.0275. The van der Waals surface area contributed by atoms with Crippen LogP contribution in [0, 0.1) is 0 Å². The second-order valence-corrected chi connectivity index (χ2v) is 6.07. The van der Waals surface area contributed by atoms with Gasteiger partial charge in [-0.25, -0.2) is 0 Å². The fraction of sp³-hybridized carbons (Fsp3) is 0.312. The van der Waals surface area contributed by atoms with E-state index in [1.54, 1.807) is 6.07 Å². The third-order valence-corrected chi connectivity index (χ3v) is 4.61. The number of pyridine rings is 1. The van der Waals surface area contributed by atoms with E-state index in [1.165, 1.54) is 25.7 Å². The summed E-state index contributed by atoms with van der Waals surface area (Å²) < 4.78 is 0. The molecule has 2 aromatic heterocycles. The molecule has 1 fully saturated rings. The van der Waals surface area contributed by atoms with Gasteiger partial charge in [0.25, 0.3) is 0 Å². The smallest absolute Gasteiger partial charge is 0.248 e. The fourth-order valence-corrected chi connectivity index (χ4v) is 3.61. The highest BCUT2D eigenvalue weighted by molar-refractivity contribution is 6.31. The first-order valence-electron chi connectivity index (χ1n) is 7.06. The lowest BCUT2D eigenvalue weighted by Gasteiger charge is -2.10. The summed E-state index contributed by atoms with van der Waals surface area (Å²) in [5, 5.41) is 1.68. The normalized spacial score (nSPS) is 16.4. The average molecular weight is 287 g/mol. The molecule has 0 saturated heterocycles. The summed E-state index contributed by atoms with van der Waals surface area (Å²) in [6.45, 7) is 0. The first kappa shape index (κ1) is 12.0. The molecule has 0 radical (unpaired) electrons. The number of H-pyrrole nitrogens is 2. The Morgan fingerprint density at radius 2 is 1.85 bits per heavy atom. The van der Waals surface area contributed by atoms with Gasteiger partial charge in [-0.15, -0.1) is 0 Å². The van der Waals surface area contributed by atoms with Crippen LogP contribution in [0.5, 0.6) is 0 Å². The van der Waals surface area contributed by atoms with Crippen LogP contribution in [0.4, 0.5) is 0 Å². The topological polar surface area (TPSA) is 48.6 Å². The summed E-state index contributed by atoms with van der Waals surface area (Å²) in [6.07, 6.45) is 4.86. The molecule has 4 rings (SSSR count). The molecule has 20 heavy (non-hydrogen) atoms. The number of hydrogen-bond donors (Lipinski definition) is 2. The Balaban J connectivity index is 2.09. The molecular weight excluding hydrogens is 272 g/mol. The van der Waals surface area contributed by atoms with E-state index in [4.69, 9.17) is 11.6 Å². The molecule has 1 aliphatic carbocycles. The number of aromatic nitrogens is 2. The minimum Gasteiger partial charge on any atom is -0.353 e. The fourth-order valence-electron chi connectivity index (χ4n) is 3.44. The van der Waals surface area contributed by atoms with Crippen molar-refractivity contribution in [3.8, 4) is 0 Å². The van der Waals surface area contributed by atoms with Gasteiger partial charge in [0, 0.05) is 22.0 Å². The Morgan fingerprint density at radius 3 is 2.65 bits per heavy atom. The first-order chi connectivity index (χ1) is 9.72. The van der Waals surface area contributed by atoms with E-state index in [9.17, 15) is 4.79 Å². The third kappa shape index (κ3) is 1.77. The molecule has 1 saturated carbocycles. The van der Waals surface area contributed by atoms with E-state index in [1.807, 2.05) is 18.2 Å². The van der Waals surface area contributed by atoms with E-state index in [-0.39, 0.29) is 5.56 Å². The van der Waals surface area contributed by atoms with Gasteiger partial charge in [0.05, 0.1) is 11.0 Å². The minimum absolute atomic E-state index is 0.0275. The second kappa shape index (κ2) is 4.38. The van der Waals surface area contributed by atoms with Crippen LogP contribution in [0.15, 0.2) is 29.1 Å².